The van der Waals surface area contributed by atoms with Crippen molar-refractivity contribution >= 4 is 0 Å². The van der Waals surface area contributed by atoms with E-state index in [1.165, 1.54) is 22.3 Å². The molecule has 0 aliphatic rings. The van der Waals surface area contributed by atoms with Gasteiger partial charge in [-0.15, -0.1) is 0 Å². The second kappa shape index (κ2) is 10.7. The van der Waals surface area contributed by atoms with Gasteiger partial charge in [-0.25, -0.2) is 0 Å². The van der Waals surface area contributed by atoms with Crippen molar-refractivity contribution in [3.63, 3.8) is 0 Å². The van der Waals surface area contributed by atoms with Crippen molar-refractivity contribution in [1.29, 1.82) is 0 Å². The fraction of sp³-hybridized carbons (Fsp3) is 0.143. The topological polar surface area (TPSA) is 9.23 Å². The van der Waals surface area contributed by atoms with E-state index in [1.54, 1.807) is 0 Å². The molecule has 2 heteroatoms. The molecular weight excluding hydrogens is 531 g/mol. The molecule has 0 unspecified atom stereocenters. The van der Waals surface area contributed by atoms with Gasteiger partial charge < -0.3 is 0 Å². The maximum absolute atomic E-state index is 7.05. The number of benzene rings is 4. The molecule has 0 aromatic heterocycles. The van der Waals surface area contributed by atoms with E-state index >= 15 is 0 Å². The van der Waals surface area contributed by atoms with Crippen molar-refractivity contribution in [2.45, 2.75) is 19.1 Å². The van der Waals surface area contributed by atoms with Crippen LogP contribution < -0.4 is 0 Å². The fourth-order valence-electron chi connectivity index (χ4n) is 4.05. The van der Waals surface area contributed by atoms with E-state index in [0.29, 0.717) is 6.61 Å². The molecule has 0 atom stereocenters. The van der Waals surface area contributed by atoms with Gasteiger partial charge in [-0.05, 0) is 0 Å². The Kier molecular flexibility index (Phi) is 7.44. The minimum absolute atomic E-state index is 0.703. The van der Waals surface area contributed by atoms with E-state index in [4.69, 9.17) is 2.85 Å². The first-order valence-corrected chi connectivity index (χ1v) is 19.7. The summed E-state index contributed by atoms with van der Waals surface area (Å²) in [4.78, 5) is 0. The number of rotatable bonds is 9. The standard InChI is InChI=1S/C7H7O.3C7H7.Hf/c8-6-7-4-2-1-3-5-7;3*1-7-5-3-2-4-6-7;/h1-5H,6H2;3*2-6H,1H2;/q-1;;;;+1. The number of hydrogen-bond acceptors (Lipinski definition) is 1. The summed E-state index contributed by atoms with van der Waals surface area (Å²) in [6.07, 6.45) is 0. The molecule has 0 fully saturated rings. The SMILES string of the molecule is c1ccc(C[O][Hf]([CH2]c2ccccc2)([CH2]c2ccccc2)[CH2]c2ccccc2)cc1. The van der Waals surface area contributed by atoms with Gasteiger partial charge in [0.05, 0.1) is 0 Å². The second-order valence-electron chi connectivity index (χ2n) is 7.94. The molecule has 0 saturated heterocycles. The average Bonchev–Trinajstić information content (AvgIpc) is 2.80. The van der Waals surface area contributed by atoms with Crippen LogP contribution in [0.4, 0.5) is 0 Å². The summed E-state index contributed by atoms with van der Waals surface area (Å²) >= 11 is -3.32. The molecule has 0 radical (unpaired) electrons. The molecule has 0 amide bonds. The van der Waals surface area contributed by atoms with Crippen molar-refractivity contribution in [1.82, 2.24) is 0 Å². The Balaban J connectivity index is 1.69. The molecule has 0 N–H and O–H groups in total. The van der Waals surface area contributed by atoms with Crippen LogP contribution in [0.1, 0.15) is 22.3 Å². The molecule has 0 saturated carbocycles. The molecule has 0 aliphatic heterocycles. The maximum atomic E-state index is 7.05. The summed E-state index contributed by atoms with van der Waals surface area (Å²) in [6.45, 7) is 0.703. The Morgan fingerprint density at radius 2 is 0.700 bits per heavy atom. The third kappa shape index (κ3) is 6.10. The van der Waals surface area contributed by atoms with E-state index < -0.39 is 20.4 Å². The second-order valence-corrected chi connectivity index (χ2v) is 21.3. The van der Waals surface area contributed by atoms with Gasteiger partial charge in [0.1, 0.15) is 0 Å². The zero-order chi connectivity index (χ0) is 20.5. The third-order valence-corrected chi connectivity index (χ3v) is 19.6. The van der Waals surface area contributed by atoms with E-state index in [9.17, 15) is 0 Å². The summed E-state index contributed by atoms with van der Waals surface area (Å²) < 4.78 is 10.3. The fourth-order valence-corrected chi connectivity index (χ4v) is 18.8. The Morgan fingerprint density at radius 1 is 0.400 bits per heavy atom. The molecule has 30 heavy (non-hydrogen) atoms. The molecule has 0 spiro atoms. The van der Waals surface area contributed by atoms with E-state index in [0.717, 1.165) is 12.5 Å². The van der Waals surface area contributed by atoms with Crippen molar-refractivity contribution in [3.8, 4) is 0 Å². The van der Waals surface area contributed by atoms with Gasteiger partial charge in [0.2, 0.25) is 0 Å². The van der Waals surface area contributed by atoms with Crippen molar-refractivity contribution in [3.05, 3.63) is 144 Å². The first-order chi connectivity index (χ1) is 14.8. The van der Waals surface area contributed by atoms with Gasteiger partial charge in [0, 0.05) is 0 Å². The zero-order valence-electron chi connectivity index (χ0n) is 17.3. The predicted octanol–water partition coefficient (Wildman–Crippen LogP) is 6.87. The van der Waals surface area contributed by atoms with Crippen LogP contribution in [0.15, 0.2) is 121 Å². The Bertz CT molecular complexity index is 900. The summed E-state index contributed by atoms with van der Waals surface area (Å²) in [5, 5.41) is 0. The molecule has 4 aromatic carbocycles. The normalized spacial score (nSPS) is 11.3. The molecule has 0 bridgehead atoms. The monoisotopic (exact) mass is 560 g/mol. The Labute approximate surface area is 185 Å². The quantitative estimate of drug-likeness (QED) is 0.204. The molecule has 4 rings (SSSR count). The molecule has 1 nitrogen and oxygen atoms in total. The summed E-state index contributed by atoms with van der Waals surface area (Å²) in [5.41, 5.74) is 5.47. The summed E-state index contributed by atoms with van der Waals surface area (Å²) in [7, 11) is 0. The first-order valence-electron chi connectivity index (χ1n) is 10.6. The molecule has 150 valence electrons. The average molecular weight is 559 g/mol. The van der Waals surface area contributed by atoms with Crippen LogP contribution in [0, 0.1) is 0 Å². The van der Waals surface area contributed by atoms with Crippen LogP contribution in [0.25, 0.3) is 0 Å². The van der Waals surface area contributed by atoms with Crippen LogP contribution in [0.5, 0.6) is 0 Å². The van der Waals surface area contributed by atoms with Gasteiger partial charge in [0.15, 0.2) is 0 Å². The van der Waals surface area contributed by atoms with Gasteiger partial charge in [-0.3, -0.25) is 0 Å². The number of hydrogen-bond donors (Lipinski definition) is 0. The summed E-state index contributed by atoms with van der Waals surface area (Å²) in [6, 6.07) is 43.4. The Morgan fingerprint density at radius 3 is 1.03 bits per heavy atom. The van der Waals surface area contributed by atoms with Gasteiger partial charge in [0.25, 0.3) is 0 Å². The summed E-state index contributed by atoms with van der Waals surface area (Å²) in [5.74, 6) is 0. The van der Waals surface area contributed by atoms with Crippen molar-refractivity contribution in [2.24, 2.45) is 0 Å². The van der Waals surface area contributed by atoms with Crippen molar-refractivity contribution < 1.29 is 23.3 Å². The molecule has 0 heterocycles. The van der Waals surface area contributed by atoms with E-state index in [2.05, 4.69) is 121 Å². The Hall–Kier alpha value is -2.29. The molecule has 4 aromatic rings. The van der Waals surface area contributed by atoms with Gasteiger partial charge >= 0.3 is 186 Å². The van der Waals surface area contributed by atoms with Crippen molar-refractivity contribution in [2.75, 3.05) is 0 Å². The van der Waals surface area contributed by atoms with Crippen LogP contribution in [-0.2, 0) is 42.4 Å². The van der Waals surface area contributed by atoms with Crippen LogP contribution in [0.3, 0.4) is 0 Å². The third-order valence-electron chi connectivity index (χ3n) is 5.50. The van der Waals surface area contributed by atoms with Crippen LogP contribution in [-0.4, -0.2) is 0 Å². The first kappa shape index (κ1) is 21.0. The zero-order valence-corrected chi connectivity index (χ0v) is 20.9. The predicted molar refractivity (Wildman–Crippen MR) is 122 cm³/mol. The minimum atomic E-state index is -3.32. The van der Waals surface area contributed by atoms with Gasteiger partial charge in [-0.1, -0.05) is 0 Å². The van der Waals surface area contributed by atoms with Gasteiger partial charge in [-0.2, -0.15) is 0 Å². The molecule has 0 aliphatic carbocycles. The molecular formula is C28H28HfO. The van der Waals surface area contributed by atoms with E-state index in [-0.39, 0.29) is 0 Å². The van der Waals surface area contributed by atoms with Crippen LogP contribution in [0.2, 0.25) is 0 Å². The van der Waals surface area contributed by atoms with E-state index in [1.807, 2.05) is 0 Å². The van der Waals surface area contributed by atoms with Crippen LogP contribution >= 0.6 is 0 Å².